The Kier molecular flexibility index (Phi) is 6.46. The van der Waals surface area contributed by atoms with Crippen LogP contribution in [0.4, 0.5) is 0 Å². The lowest BCUT2D eigenvalue weighted by Crippen LogP contribution is -2.46. The number of amides is 2. The molecule has 0 saturated carbocycles. The number of carbonyl (C=O) groups excluding carboxylic acids is 2. The summed E-state index contributed by atoms with van der Waals surface area (Å²) in [6.07, 6.45) is 1.63. The van der Waals surface area contributed by atoms with Crippen LogP contribution in [0.3, 0.4) is 0 Å². The van der Waals surface area contributed by atoms with Crippen LogP contribution >= 0.6 is 0 Å². The van der Waals surface area contributed by atoms with E-state index in [9.17, 15) is 9.59 Å². The van der Waals surface area contributed by atoms with Gasteiger partial charge in [0.2, 0.25) is 5.91 Å². The SMILES string of the molecule is Cc1cc(C)n(Cc2cccc(C(=O)N3CCCC(C(=O)NCCN)C3)c2)n1. The van der Waals surface area contributed by atoms with Gasteiger partial charge in [-0.15, -0.1) is 0 Å². The van der Waals surface area contributed by atoms with Crippen molar-refractivity contribution in [3.8, 4) is 0 Å². The molecule has 28 heavy (non-hydrogen) atoms. The second-order valence-electron chi connectivity index (χ2n) is 7.46. The summed E-state index contributed by atoms with van der Waals surface area (Å²) in [5.41, 5.74) is 9.22. The Morgan fingerprint density at radius 3 is 2.82 bits per heavy atom. The first kappa shape index (κ1) is 20.1. The van der Waals surface area contributed by atoms with Crippen molar-refractivity contribution in [2.24, 2.45) is 11.7 Å². The van der Waals surface area contributed by atoms with Gasteiger partial charge < -0.3 is 16.0 Å². The maximum atomic E-state index is 13.0. The molecule has 7 nitrogen and oxygen atoms in total. The normalized spacial score (nSPS) is 16.8. The fourth-order valence-electron chi connectivity index (χ4n) is 3.71. The van der Waals surface area contributed by atoms with E-state index in [1.807, 2.05) is 48.9 Å². The second kappa shape index (κ2) is 9.01. The molecule has 2 amide bonds. The van der Waals surface area contributed by atoms with E-state index in [1.54, 1.807) is 4.90 Å². The number of carbonyl (C=O) groups is 2. The summed E-state index contributed by atoms with van der Waals surface area (Å²) in [4.78, 5) is 27.0. The second-order valence-corrected chi connectivity index (χ2v) is 7.46. The minimum Gasteiger partial charge on any atom is -0.355 e. The number of hydrogen-bond acceptors (Lipinski definition) is 4. The standard InChI is InChI=1S/C21H29N5O2/c1-15-11-16(2)26(24-15)13-17-5-3-6-18(12-17)21(28)25-10-4-7-19(14-25)20(27)23-9-8-22/h3,5-6,11-12,19H,4,7-10,13-14,22H2,1-2H3,(H,23,27). The smallest absolute Gasteiger partial charge is 0.253 e. The molecule has 2 heterocycles. The average molecular weight is 383 g/mol. The molecular formula is C21H29N5O2. The predicted octanol–water partition coefficient (Wildman–Crippen LogP) is 1.48. The third-order valence-corrected chi connectivity index (χ3v) is 5.13. The third kappa shape index (κ3) is 4.78. The maximum Gasteiger partial charge on any atom is 0.253 e. The first-order chi connectivity index (χ1) is 13.5. The van der Waals surface area contributed by atoms with Crippen molar-refractivity contribution in [1.29, 1.82) is 0 Å². The van der Waals surface area contributed by atoms with Crippen molar-refractivity contribution >= 4 is 11.8 Å². The molecule has 0 radical (unpaired) electrons. The molecule has 1 aromatic carbocycles. The van der Waals surface area contributed by atoms with Crippen LogP contribution in [0.15, 0.2) is 30.3 Å². The highest BCUT2D eigenvalue weighted by atomic mass is 16.2. The molecule has 1 aromatic heterocycles. The molecule has 0 bridgehead atoms. The molecule has 0 spiro atoms. The van der Waals surface area contributed by atoms with Crippen molar-refractivity contribution in [2.45, 2.75) is 33.2 Å². The van der Waals surface area contributed by atoms with Crippen molar-refractivity contribution in [3.63, 3.8) is 0 Å². The van der Waals surface area contributed by atoms with Crippen LogP contribution in [0.25, 0.3) is 0 Å². The maximum absolute atomic E-state index is 13.0. The molecule has 1 unspecified atom stereocenters. The largest absolute Gasteiger partial charge is 0.355 e. The van der Waals surface area contributed by atoms with Gasteiger partial charge in [0.15, 0.2) is 0 Å². The Balaban J connectivity index is 1.68. The summed E-state index contributed by atoms with van der Waals surface area (Å²) in [7, 11) is 0. The van der Waals surface area contributed by atoms with Crippen LogP contribution in [0.1, 0.15) is 40.2 Å². The molecule has 150 valence electrons. The fourth-order valence-corrected chi connectivity index (χ4v) is 3.71. The van der Waals surface area contributed by atoms with Crippen LogP contribution in [0.5, 0.6) is 0 Å². The lowest BCUT2D eigenvalue weighted by Gasteiger charge is -2.32. The molecule has 3 N–H and O–H groups in total. The van der Waals surface area contributed by atoms with E-state index < -0.39 is 0 Å². The minimum absolute atomic E-state index is 0.0128. The monoisotopic (exact) mass is 383 g/mol. The molecule has 3 rings (SSSR count). The van der Waals surface area contributed by atoms with E-state index in [0.29, 0.717) is 38.3 Å². The van der Waals surface area contributed by atoms with E-state index >= 15 is 0 Å². The van der Waals surface area contributed by atoms with Crippen LogP contribution in [0.2, 0.25) is 0 Å². The number of nitrogens with two attached hydrogens (primary N) is 1. The van der Waals surface area contributed by atoms with Crippen LogP contribution in [-0.2, 0) is 11.3 Å². The van der Waals surface area contributed by atoms with Gasteiger partial charge >= 0.3 is 0 Å². The topological polar surface area (TPSA) is 93.2 Å². The van der Waals surface area contributed by atoms with Gasteiger partial charge in [-0.3, -0.25) is 14.3 Å². The van der Waals surface area contributed by atoms with Gasteiger partial charge in [0.05, 0.1) is 18.2 Å². The molecule has 2 aromatic rings. The molecule has 0 aliphatic carbocycles. The summed E-state index contributed by atoms with van der Waals surface area (Å²) in [5.74, 6) is -0.199. The van der Waals surface area contributed by atoms with Crippen molar-refractivity contribution in [3.05, 3.63) is 52.8 Å². The van der Waals surface area contributed by atoms with Gasteiger partial charge in [0, 0.05) is 37.4 Å². The Bertz CT molecular complexity index is 845. The van der Waals surface area contributed by atoms with Crippen molar-refractivity contribution in [1.82, 2.24) is 20.0 Å². The van der Waals surface area contributed by atoms with Crippen LogP contribution in [0, 0.1) is 19.8 Å². The van der Waals surface area contributed by atoms with E-state index in [2.05, 4.69) is 10.4 Å². The Labute approximate surface area is 165 Å². The van der Waals surface area contributed by atoms with E-state index in [4.69, 9.17) is 5.73 Å². The minimum atomic E-state index is -0.165. The molecule has 1 atom stereocenters. The lowest BCUT2D eigenvalue weighted by molar-refractivity contribution is -0.126. The van der Waals surface area contributed by atoms with E-state index in [0.717, 1.165) is 29.8 Å². The molecule has 1 aliphatic heterocycles. The number of benzene rings is 1. The Hall–Kier alpha value is -2.67. The predicted molar refractivity (Wildman–Crippen MR) is 108 cm³/mol. The average Bonchev–Trinajstić information content (AvgIpc) is 3.02. The molecule has 1 saturated heterocycles. The van der Waals surface area contributed by atoms with Gasteiger partial charge in [-0.05, 0) is 50.5 Å². The zero-order valence-electron chi connectivity index (χ0n) is 16.6. The number of hydrogen-bond donors (Lipinski definition) is 2. The quantitative estimate of drug-likeness (QED) is 0.790. The number of rotatable bonds is 6. The summed E-state index contributed by atoms with van der Waals surface area (Å²) in [6.45, 7) is 6.66. The van der Waals surface area contributed by atoms with Crippen molar-refractivity contribution in [2.75, 3.05) is 26.2 Å². The van der Waals surface area contributed by atoms with Gasteiger partial charge in [-0.25, -0.2) is 0 Å². The van der Waals surface area contributed by atoms with Crippen molar-refractivity contribution < 1.29 is 9.59 Å². The highest BCUT2D eigenvalue weighted by molar-refractivity contribution is 5.95. The highest BCUT2D eigenvalue weighted by Gasteiger charge is 2.28. The summed E-state index contributed by atoms with van der Waals surface area (Å²) in [5, 5.41) is 7.33. The van der Waals surface area contributed by atoms with Gasteiger partial charge in [0.25, 0.3) is 5.91 Å². The molecule has 1 aliphatic rings. The Morgan fingerprint density at radius 2 is 2.11 bits per heavy atom. The number of aryl methyl sites for hydroxylation is 2. The lowest BCUT2D eigenvalue weighted by atomic mass is 9.96. The van der Waals surface area contributed by atoms with E-state index in [-0.39, 0.29) is 17.7 Å². The molecule has 1 fully saturated rings. The summed E-state index contributed by atoms with van der Waals surface area (Å²) >= 11 is 0. The van der Waals surface area contributed by atoms with Crippen LogP contribution in [-0.4, -0.2) is 52.7 Å². The number of piperidine rings is 1. The highest BCUT2D eigenvalue weighted by Crippen LogP contribution is 2.20. The van der Waals surface area contributed by atoms with Gasteiger partial charge in [0.1, 0.15) is 0 Å². The van der Waals surface area contributed by atoms with Crippen LogP contribution < -0.4 is 11.1 Å². The first-order valence-corrected chi connectivity index (χ1v) is 9.85. The number of aromatic nitrogens is 2. The fraction of sp³-hybridized carbons (Fsp3) is 0.476. The number of nitrogens with zero attached hydrogens (tertiary/aromatic N) is 3. The summed E-state index contributed by atoms with van der Waals surface area (Å²) < 4.78 is 1.94. The molecular weight excluding hydrogens is 354 g/mol. The third-order valence-electron chi connectivity index (χ3n) is 5.13. The zero-order chi connectivity index (χ0) is 20.1. The number of nitrogens with one attached hydrogen (secondary N) is 1. The molecule has 7 heteroatoms. The zero-order valence-corrected chi connectivity index (χ0v) is 16.6. The van der Waals surface area contributed by atoms with Gasteiger partial charge in [-0.2, -0.15) is 5.10 Å². The first-order valence-electron chi connectivity index (χ1n) is 9.85. The summed E-state index contributed by atoms with van der Waals surface area (Å²) in [6, 6.07) is 9.72. The Morgan fingerprint density at radius 1 is 1.29 bits per heavy atom. The van der Waals surface area contributed by atoms with E-state index in [1.165, 1.54) is 0 Å². The number of likely N-dealkylation sites (tertiary alicyclic amines) is 1. The van der Waals surface area contributed by atoms with Gasteiger partial charge in [-0.1, -0.05) is 12.1 Å².